The summed E-state index contributed by atoms with van der Waals surface area (Å²) >= 11 is 0. The van der Waals surface area contributed by atoms with Crippen LogP contribution in [0.1, 0.15) is 0 Å². The van der Waals surface area contributed by atoms with E-state index in [1.54, 1.807) is 0 Å². The number of ether oxygens (including phenoxy) is 1. The molecular weight excluding hydrogens is 225 g/mol. The first-order valence-corrected chi connectivity index (χ1v) is 4.14. The van der Waals surface area contributed by atoms with E-state index in [0.29, 0.717) is 6.08 Å². The molecule has 0 amide bonds. The van der Waals surface area contributed by atoms with Crippen LogP contribution in [0.4, 0.5) is 13.2 Å². The lowest BCUT2D eigenvalue weighted by Gasteiger charge is -2.09. The van der Waals surface area contributed by atoms with Crippen LogP contribution < -0.4 is 0 Å². The molecule has 0 heterocycles. The number of carbonyl (C=O) groups is 1. The van der Waals surface area contributed by atoms with Crippen molar-refractivity contribution in [2.75, 3.05) is 13.7 Å². The molecule has 0 radical (unpaired) electrons. The smallest absolute Gasteiger partial charge is 0.419 e. The normalized spacial score (nSPS) is 13.8. The quantitative estimate of drug-likeness (QED) is 0.345. The van der Waals surface area contributed by atoms with Crippen LogP contribution in [0.5, 0.6) is 0 Å². The molecule has 90 valence electrons. The van der Waals surface area contributed by atoms with E-state index in [1.165, 1.54) is 7.11 Å². The van der Waals surface area contributed by atoms with Crippen molar-refractivity contribution in [1.82, 2.24) is 0 Å². The van der Waals surface area contributed by atoms with Gasteiger partial charge in [-0.2, -0.15) is 13.2 Å². The van der Waals surface area contributed by atoms with Gasteiger partial charge in [0.05, 0.1) is 12.2 Å². The minimum Gasteiger partial charge on any atom is -0.508 e. The highest BCUT2D eigenvalue weighted by Crippen LogP contribution is 2.30. The number of hydrogen-bond acceptors (Lipinski definition) is 3. The maximum atomic E-state index is 12.3. The average Bonchev–Trinajstić information content (AvgIpc) is 2.15. The van der Waals surface area contributed by atoms with E-state index in [1.807, 2.05) is 0 Å². The van der Waals surface area contributed by atoms with E-state index in [9.17, 15) is 18.0 Å². The van der Waals surface area contributed by atoms with Crippen LogP contribution in [0.15, 0.2) is 35.6 Å². The van der Waals surface area contributed by atoms with Gasteiger partial charge in [-0.25, -0.2) is 0 Å². The van der Waals surface area contributed by atoms with Gasteiger partial charge in [0.2, 0.25) is 0 Å². The molecule has 0 aromatic rings. The molecule has 16 heavy (non-hydrogen) atoms. The minimum atomic E-state index is -4.76. The number of rotatable bonds is 5. The summed E-state index contributed by atoms with van der Waals surface area (Å²) in [5.74, 6) is -1.14. The predicted molar refractivity (Wildman–Crippen MR) is 51.9 cm³/mol. The van der Waals surface area contributed by atoms with Crippen molar-refractivity contribution in [3.63, 3.8) is 0 Å². The second kappa shape index (κ2) is 6.12. The van der Waals surface area contributed by atoms with Crippen LogP contribution in [0.3, 0.4) is 0 Å². The molecule has 0 aromatic carbocycles. The first kappa shape index (κ1) is 14.4. The Labute approximate surface area is 90.5 Å². The zero-order valence-electron chi connectivity index (χ0n) is 8.54. The molecular formula is C10H11F3O3. The maximum absolute atomic E-state index is 12.3. The summed E-state index contributed by atoms with van der Waals surface area (Å²) in [5, 5.41) is 8.76. The third-order valence-corrected chi connectivity index (χ3v) is 1.55. The Morgan fingerprint density at radius 1 is 1.50 bits per heavy atom. The van der Waals surface area contributed by atoms with E-state index in [-0.39, 0.29) is 18.5 Å². The molecule has 0 aliphatic heterocycles. The van der Waals surface area contributed by atoms with Gasteiger partial charge < -0.3 is 9.84 Å². The molecule has 3 nitrogen and oxygen atoms in total. The predicted octanol–water partition coefficient (Wildman–Crippen LogP) is 2.32. The number of aliphatic hydroxyl groups excluding tert-OH is 1. The van der Waals surface area contributed by atoms with Gasteiger partial charge in [0.15, 0.2) is 0 Å². The zero-order valence-corrected chi connectivity index (χ0v) is 8.54. The summed E-state index contributed by atoms with van der Waals surface area (Å²) in [5.41, 5.74) is -1.61. The number of aldehydes is 1. The lowest BCUT2D eigenvalue weighted by Crippen LogP contribution is -2.14. The molecule has 0 spiro atoms. The highest BCUT2D eigenvalue weighted by atomic mass is 19.4. The molecule has 0 bridgehead atoms. The molecule has 0 saturated heterocycles. The summed E-state index contributed by atoms with van der Waals surface area (Å²) in [6.45, 7) is 2.78. The Balaban J connectivity index is 5.19. The van der Waals surface area contributed by atoms with Crippen molar-refractivity contribution < 1.29 is 27.8 Å². The Bertz CT molecular complexity index is 327. The molecule has 0 aromatic heterocycles. The van der Waals surface area contributed by atoms with Crippen molar-refractivity contribution in [1.29, 1.82) is 0 Å². The van der Waals surface area contributed by atoms with Gasteiger partial charge in [0.1, 0.15) is 12.0 Å². The first-order chi connectivity index (χ1) is 7.32. The Kier molecular flexibility index (Phi) is 5.52. The molecule has 0 rings (SSSR count). The van der Waals surface area contributed by atoms with Crippen molar-refractivity contribution in [3.05, 3.63) is 35.6 Å². The van der Waals surface area contributed by atoms with Crippen LogP contribution in [0.25, 0.3) is 0 Å². The second-order valence-corrected chi connectivity index (χ2v) is 2.78. The molecule has 6 heteroatoms. The molecule has 0 fully saturated rings. The van der Waals surface area contributed by atoms with Gasteiger partial charge in [0, 0.05) is 12.7 Å². The third-order valence-electron chi connectivity index (χ3n) is 1.55. The Morgan fingerprint density at radius 2 is 2.06 bits per heavy atom. The topological polar surface area (TPSA) is 46.5 Å². The number of carbonyl (C=O) groups excluding carboxylic acids is 1. The lowest BCUT2D eigenvalue weighted by molar-refractivity contribution is -0.104. The average molecular weight is 236 g/mol. The summed E-state index contributed by atoms with van der Waals surface area (Å²) in [6, 6.07) is 0. The van der Waals surface area contributed by atoms with Crippen LogP contribution in [0.2, 0.25) is 0 Å². The third kappa shape index (κ3) is 4.79. The van der Waals surface area contributed by atoms with E-state index in [4.69, 9.17) is 5.11 Å². The van der Waals surface area contributed by atoms with Crippen molar-refractivity contribution in [2.45, 2.75) is 6.18 Å². The van der Waals surface area contributed by atoms with Crippen LogP contribution in [-0.2, 0) is 9.53 Å². The molecule has 0 aliphatic carbocycles. The van der Waals surface area contributed by atoms with Gasteiger partial charge in [-0.15, -0.1) is 0 Å². The zero-order chi connectivity index (χ0) is 12.8. The first-order valence-electron chi connectivity index (χ1n) is 4.14. The number of halogens is 3. The van der Waals surface area contributed by atoms with E-state index < -0.39 is 17.5 Å². The number of aliphatic hydroxyl groups is 1. The van der Waals surface area contributed by atoms with Crippen molar-refractivity contribution >= 4 is 6.29 Å². The second-order valence-electron chi connectivity index (χ2n) is 2.78. The number of allylic oxidation sites excluding steroid dienone is 3. The minimum absolute atomic E-state index is 0.00633. The highest BCUT2D eigenvalue weighted by Gasteiger charge is 2.35. The fourth-order valence-electron chi connectivity index (χ4n) is 0.816. The summed E-state index contributed by atoms with van der Waals surface area (Å²) in [4.78, 5) is 10.4. The highest BCUT2D eigenvalue weighted by molar-refractivity contribution is 5.78. The van der Waals surface area contributed by atoms with Crippen LogP contribution >= 0.6 is 0 Å². The van der Waals surface area contributed by atoms with Gasteiger partial charge >= 0.3 is 6.18 Å². The van der Waals surface area contributed by atoms with Crippen molar-refractivity contribution in [3.8, 4) is 0 Å². The van der Waals surface area contributed by atoms with Gasteiger partial charge in [0.25, 0.3) is 0 Å². The maximum Gasteiger partial charge on any atom is 0.419 e. The Morgan fingerprint density at radius 3 is 2.38 bits per heavy atom. The molecule has 0 unspecified atom stereocenters. The van der Waals surface area contributed by atoms with E-state index >= 15 is 0 Å². The summed E-state index contributed by atoms with van der Waals surface area (Å²) in [6.07, 6.45) is -2.87. The fourth-order valence-corrected chi connectivity index (χ4v) is 0.816. The van der Waals surface area contributed by atoms with Gasteiger partial charge in [-0.05, 0) is 12.2 Å². The SMILES string of the molecule is C=C(O)/C(=C\C(C=O)=C/COC)C(F)(F)F. The fraction of sp³-hybridized carbons (Fsp3) is 0.300. The lowest BCUT2D eigenvalue weighted by atomic mass is 10.1. The number of methoxy groups -OCH3 is 1. The van der Waals surface area contributed by atoms with Crippen LogP contribution in [0, 0.1) is 0 Å². The van der Waals surface area contributed by atoms with E-state index in [0.717, 1.165) is 6.08 Å². The van der Waals surface area contributed by atoms with Crippen LogP contribution in [-0.4, -0.2) is 31.3 Å². The molecule has 1 N–H and O–H groups in total. The molecule has 0 aliphatic rings. The van der Waals surface area contributed by atoms with E-state index in [2.05, 4.69) is 11.3 Å². The van der Waals surface area contributed by atoms with Gasteiger partial charge in [-0.3, -0.25) is 4.79 Å². The molecule has 0 saturated carbocycles. The Hall–Kier alpha value is -1.56. The number of hydrogen-bond donors (Lipinski definition) is 1. The number of alkyl halides is 3. The monoisotopic (exact) mass is 236 g/mol. The summed E-state index contributed by atoms with van der Waals surface area (Å²) < 4.78 is 41.5. The summed E-state index contributed by atoms with van der Waals surface area (Å²) in [7, 11) is 1.33. The van der Waals surface area contributed by atoms with Gasteiger partial charge in [-0.1, -0.05) is 6.58 Å². The standard InChI is InChI=1S/C10H11F3O3/c1-7(15)9(10(11,12)13)5-8(6-14)3-4-16-2/h3,5-6,15H,1,4H2,2H3/b8-3+,9-5+. The largest absolute Gasteiger partial charge is 0.508 e. The van der Waals surface area contributed by atoms with Crippen molar-refractivity contribution in [2.24, 2.45) is 0 Å². The molecule has 0 atom stereocenters.